The summed E-state index contributed by atoms with van der Waals surface area (Å²) in [4.78, 5) is 25.3. The number of aromatic nitrogens is 2. The lowest BCUT2D eigenvalue weighted by Gasteiger charge is -2.00. The number of hydrogen-bond donors (Lipinski definition) is 2. The number of carboxylic acids is 1. The first-order valence-electron chi connectivity index (χ1n) is 5.15. The van der Waals surface area contributed by atoms with Gasteiger partial charge in [-0.3, -0.25) is 4.57 Å². The molecule has 0 saturated heterocycles. The van der Waals surface area contributed by atoms with E-state index in [1.54, 1.807) is 16.7 Å². The second-order valence-electron chi connectivity index (χ2n) is 4.04. The third-order valence-corrected chi connectivity index (χ3v) is 2.90. The van der Waals surface area contributed by atoms with E-state index in [4.69, 9.17) is 5.11 Å². The molecule has 0 bridgehead atoms. The minimum atomic E-state index is -1.02. The van der Waals surface area contributed by atoms with Gasteiger partial charge in [0, 0.05) is 6.04 Å². The van der Waals surface area contributed by atoms with Crippen molar-refractivity contribution >= 4 is 17.0 Å². The summed E-state index contributed by atoms with van der Waals surface area (Å²) in [5, 5.41) is 9.01. The van der Waals surface area contributed by atoms with E-state index in [0.29, 0.717) is 11.0 Å². The zero-order valence-corrected chi connectivity index (χ0v) is 8.43. The van der Waals surface area contributed by atoms with Crippen LogP contribution in [-0.4, -0.2) is 20.6 Å². The number of fused-ring (bicyclic) bond motifs is 1. The highest BCUT2D eigenvalue weighted by atomic mass is 16.4. The fourth-order valence-corrected chi connectivity index (χ4v) is 2.02. The molecule has 1 fully saturated rings. The normalized spacial score (nSPS) is 15.5. The maximum Gasteiger partial charge on any atom is 0.337 e. The van der Waals surface area contributed by atoms with Crippen LogP contribution < -0.4 is 5.69 Å². The second kappa shape index (κ2) is 2.98. The predicted octanol–water partition coefficient (Wildman–Crippen LogP) is 1.36. The van der Waals surface area contributed by atoms with E-state index in [1.165, 1.54) is 6.07 Å². The molecular weight excluding hydrogens is 208 g/mol. The molecule has 0 atom stereocenters. The third-order valence-electron chi connectivity index (χ3n) is 2.90. The quantitative estimate of drug-likeness (QED) is 0.799. The average molecular weight is 218 g/mol. The molecule has 1 aromatic heterocycles. The topological polar surface area (TPSA) is 75.1 Å². The number of para-hydroxylation sites is 1. The van der Waals surface area contributed by atoms with E-state index < -0.39 is 5.97 Å². The van der Waals surface area contributed by atoms with Crippen LogP contribution in [0.1, 0.15) is 29.2 Å². The zero-order valence-electron chi connectivity index (χ0n) is 8.43. The molecule has 5 nitrogen and oxygen atoms in total. The molecule has 82 valence electrons. The molecule has 3 rings (SSSR count). The smallest absolute Gasteiger partial charge is 0.337 e. The Bertz CT molecular complexity index is 634. The summed E-state index contributed by atoms with van der Waals surface area (Å²) >= 11 is 0. The summed E-state index contributed by atoms with van der Waals surface area (Å²) in [5.74, 6) is -1.02. The average Bonchev–Trinajstić information content (AvgIpc) is 3.00. The Morgan fingerprint density at radius 1 is 1.44 bits per heavy atom. The first kappa shape index (κ1) is 9.21. The van der Waals surface area contributed by atoms with Gasteiger partial charge in [0.1, 0.15) is 0 Å². The van der Waals surface area contributed by atoms with E-state index in [9.17, 15) is 9.59 Å². The van der Waals surface area contributed by atoms with Gasteiger partial charge in [-0.25, -0.2) is 9.59 Å². The summed E-state index contributed by atoms with van der Waals surface area (Å²) in [6, 6.07) is 5.18. The number of benzene rings is 1. The summed E-state index contributed by atoms with van der Waals surface area (Å²) in [6.07, 6.45) is 1.98. The Morgan fingerprint density at radius 3 is 2.81 bits per heavy atom. The molecule has 2 aromatic rings. The van der Waals surface area contributed by atoms with Crippen molar-refractivity contribution in [3.8, 4) is 0 Å². The van der Waals surface area contributed by atoms with Crippen LogP contribution in [-0.2, 0) is 0 Å². The van der Waals surface area contributed by atoms with Gasteiger partial charge in [0.15, 0.2) is 0 Å². The molecular formula is C11H10N2O3. The number of nitrogens with zero attached hydrogens (tertiary/aromatic N) is 1. The largest absolute Gasteiger partial charge is 0.478 e. The maximum atomic E-state index is 11.7. The van der Waals surface area contributed by atoms with Gasteiger partial charge in [-0.2, -0.15) is 0 Å². The van der Waals surface area contributed by atoms with Crippen molar-refractivity contribution in [2.24, 2.45) is 0 Å². The molecule has 0 unspecified atom stereocenters. The lowest BCUT2D eigenvalue weighted by Crippen LogP contribution is -2.14. The van der Waals surface area contributed by atoms with Crippen LogP contribution in [0.2, 0.25) is 0 Å². The minimum absolute atomic E-state index is 0.147. The van der Waals surface area contributed by atoms with E-state index >= 15 is 0 Å². The van der Waals surface area contributed by atoms with Crippen LogP contribution in [0.3, 0.4) is 0 Å². The van der Waals surface area contributed by atoms with Gasteiger partial charge >= 0.3 is 11.7 Å². The number of aromatic carboxylic acids is 1. The molecule has 0 radical (unpaired) electrons. The van der Waals surface area contributed by atoms with Crippen LogP contribution in [0.5, 0.6) is 0 Å². The number of aromatic amines is 1. The molecule has 1 saturated carbocycles. The van der Waals surface area contributed by atoms with Gasteiger partial charge in [-0.05, 0) is 25.0 Å². The fourth-order valence-electron chi connectivity index (χ4n) is 2.02. The van der Waals surface area contributed by atoms with Crippen molar-refractivity contribution in [3.05, 3.63) is 34.2 Å². The summed E-state index contributed by atoms with van der Waals surface area (Å²) in [6.45, 7) is 0. The van der Waals surface area contributed by atoms with E-state index in [2.05, 4.69) is 4.98 Å². The zero-order chi connectivity index (χ0) is 11.3. The Morgan fingerprint density at radius 2 is 2.19 bits per heavy atom. The van der Waals surface area contributed by atoms with Crippen LogP contribution >= 0.6 is 0 Å². The third kappa shape index (κ3) is 1.18. The van der Waals surface area contributed by atoms with Gasteiger partial charge in [0.2, 0.25) is 0 Å². The SMILES string of the molecule is O=C(O)c1cccc2c1[nH]c(=O)n2C1CC1. The predicted molar refractivity (Wildman–Crippen MR) is 57.8 cm³/mol. The van der Waals surface area contributed by atoms with Gasteiger partial charge in [-0.1, -0.05) is 6.07 Å². The van der Waals surface area contributed by atoms with Gasteiger partial charge in [0.25, 0.3) is 0 Å². The number of carboxylic acid groups (broad SMARTS) is 1. The van der Waals surface area contributed by atoms with Crippen LogP contribution in [0.15, 0.2) is 23.0 Å². The van der Waals surface area contributed by atoms with Gasteiger partial charge < -0.3 is 10.1 Å². The van der Waals surface area contributed by atoms with Crippen molar-refractivity contribution in [3.63, 3.8) is 0 Å². The van der Waals surface area contributed by atoms with E-state index in [0.717, 1.165) is 12.8 Å². The summed E-state index contributed by atoms with van der Waals surface area (Å²) in [5.41, 5.74) is 1.04. The molecule has 16 heavy (non-hydrogen) atoms. The molecule has 1 aliphatic carbocycles. The lowest BCUT2D eigenvalue weighted by atomic mass is 10.2. The molecule has 0 spiro atoms. The Balaban J connectivity index is 2.38. The second-order valence-corrected chi connectivity index (χ2v) is 4.04. The molecule has 2 N–H and O–H groups in total. The van der Waals surface area contributed by atoms with Crippen molar-refractivity contribution in [1.82, 2.24) is 9.55 Å². The first-order chi connectivity index (χ1) is 7.68. The van der Waals surface area contributed by atoms with Crippen molar-refractivity contribution in [2.45, 2.75) is 18.9 Å². The summed E-state index contributed by atoms with van der Waals surface area (Å²) in [7, 11) is 0. The van der Waals surface area contributed by atoms with Crippen LogP contribution in [0, 0.1) is 0 Å². The van der Waals surface area contributed by atoms with Crippen LogP contribution in [0.25, 0.3) is 11.0 Å². The monoisotopic (exact) mass is 218 g/mol. The number of carbonyl (C=O) groups is 1. The number of H-pyrrole nitrogens is 1. The van der Waals surface area contributed by atoms with Crippen molar-refractivity contribution < 1.29 is 9.90 Å². The Labute approximate surface area is 90.3 Å². The molecule has 5 heteroatoms. The summed E-state index contributed by atoms with van der Waals surface area (Å²) < 4.78 is 1.65. The number of nitrogens with one attached hydrogen (secondary N) is 1. The highest BCUT2D eigenvalue weighted by Gasteiger charge is 2.28. The van der Waals surface area contributed by atoms with Crippen molar-refractivity contribution in [2.75, 3.05) is 0 Å². The molecule has 0 amide bonds. The maximum absolute atomic E-state index is 11.7. The number of hydrogen-bond acceptors (Lipinski definition) is 2. The molecule has 1 aliphatic rings. The first-order valence-corrected chi connectivity index (χ1v) is 5.15. The lowest BCUT2D eigenvalue weighted by molar-refractivity contribution is 0.0699. The minimum Gasteiger partial charge on any atom is -0.478 e. The van der Waals surface area contributed by atoms with E-state index in [-0.39, 0.29) is 17.3 Å². The van der Waals surface area contributed by atoms with Crippen LogP contribution in [0.4, 0.5) is 0 Å². The van der Waals surface area contributed by atoms with E-state index in [1.807, 2.05) is 0 Å². The number of imidazole rings is 1. The highest BCUT2D eigenvalue weighted by molar-refractivity contribution is 6.00. The number of rotatable bonds is 2. The Hall–Kier alpha value is -2.04. The molecule has 0 aliphatic heterocycles. The fraction of sp³-hybridized carbons (Fsp3) is 0.273. The van der Waals surface area contributed by atoms with Gasteiger partial charge in [-0.15, -0.1) is 0 Å². The highest BCUT2D eigenvalue weighted by Crippen LogP contribution is 2.35. The molecule has 1 heterocycles. The standard InChI is InChI=1S/C11H10N2O3/c14-10(15)7-2-1-3-8-9(7)12-11(16)13(8)6-4-5-6/h1-3,6H,4-5H2,(H,12,16)(H,14,15). The molecule has 1 aromatic carbocycles. The van der Waals surface area contributed by atoms with Gasteiger partial charge in [0.05, 0.1) is 16.6 Å². The van der Waals surface area contributed by atoms with Crippen molar-refractivity contribution in [1.29, 1.82) is 0 Å². The Kier molecular flexibility index (Phi) is 1.71.